The van der Waals surface area contributed by atoms with Gasteiger partial charge in [-0.15, -0.1) is 0 Å². The number of nitro groups is 1. The van der Waals surface area contributed by atoms with Crippen LogP contribution in [0.3, 0.4) is 0 Å². The lowest BCUT2D eigenvalue weighted by atomic mass is 9.96. The summed E-state index contributed by atoms with van der Waals surface area (Å²) in [5.74, 6) is -3.97. The summed E-state index contributed by atoms with van der Waals surface area (Å²) in [5.41, 5.74) is -0.428. The van der Waals surface area contributed by atoms with Crippen molar-refractivity contribution in [2.75, 3.05) is 24.5 Å². The van der Waals surface area contributed by atoms with Crippen molar-refractivity contribution in [3.05, 3.63) is 93.5 Å². The molecule has 0 aliphatic carbocycles. The van der Waals surface area contributed by atoms with Crippen molar-refractivity contribution < 1.29 is 28.0 Å². The van der Waals surface area contributed by atoms with Crippen LogP contribution in [0.4, 0.5) is 20.2 Å². The number of nitrogens with zero attached hydrogens (tertiary/aromatic N) is 3. The van der Waals surface area contributed by atoms with E-state index in [0.29, 0.717) is 30.0 Å². The summed E-state index contributed by atoms with van der Waals surface area (Å²) in [6.45, 7) is 0.515. The van der Waals surface area contributed by atoms with E-state index in [1.54, 1.807) is 42.5 Å². The number of halogens is 2. The maximum Gasteiger partial charge on any atom is 0.298 e. The zero-order valence-corrected chi connectivity index (χ0v) is 19.0. The Hall–Kier alpha value is -4.34. The van der Waals surface area contributed by atoms with Crippen molar-refractivity contribution >= 4 is 23.2 Å². The van der Waals surface area contributed by atoms with E-state index in [4.69, 9.17) is 4.74 Å². The standard InChI is InChI=1S/C26H21F2N3O5/c27-20-13-21(31(34)35)23(22(28)24(20)36-17-8-2-1-3-9-17)29-12-6-7-16(14-29)15-30-25(32)18-10-4-5-11-19(18)26(30)33/h1-5,8-11,13,16H,6-7,12,14-15H2/t16-/m1/s1. The molecule has 3 aromatic rings. The number of carbonyl (C=O) groups is 2. The van der Waals surface area contributed by atoms with Crippen molar-refractivity contribution in [3.63, 3.8) is 0 Å². The third-order valence-corrected chi connectivity index (χ3v) is 6.44. The third kappa shape index (κ3) is 4.15. The fourth-order valence-electron chi connectivity index (χ4n) is 4.80. The largest absolute Gasteiger partial charge is 0.451 e. The molecule has 3 aromatic carbocycles. The van der Waals surface area contributed by atoms with Crippen LogP contribution in [-0.2, 0) is 0 Å². The molecule has 1 fully saturated rings. The van der Waals surface area contributed by atoms with Crippen molar-refractivity contribution in [2.45, 2.75) is 12.8 Å². The number of para-hydroxylation sites is 1. The first-order chi connectivity index (χ1) is 17.3. The van der Waals surface area contributed by atoms with Crippen molar-refractivity contribution in [2.24, 2.45) is 5.92 Å². The van der Waals surface area contributed by atoms with E-state index in [1.807, 2.05) is 0 Å². The lowest BCUT2D eigenvalue weighted by Gasteiger charge is -2.35. The van der Waals surface area contributed by atoms with E-state index in [-0.39, 0.29) is 37.0 Å². The van der Waals surface area contributed by atoms with Crippen LogP contribution < -0.4 is 9.64 Å². The Morgan fingerprint density at radius 1 is 1.00 bits per heavy atom. The third-order valence-electron chi connectivity index (χ3n) is 6.44. The molecule has 0 spiro atoms. The summed E-state index contributed by atoms with van der Waals surface area (Å²) in [6, 6.07) is 15.2. The number of anilines is 1. The number of fused-ring (bicyclic) bond motifs is 1. The molecule has 8 nitrogen and oxygen atoms in total. The van der Waals surface area contributed by atoms with Gasteiger partial charge in [0, 0.05) is 19.6 Å². The van der Waals surface area contributed by atoms with Crippen LogP contribution >= 0.6 is 0 Å². The van der Waals surface area contributed by atoms with Gasteiger partial charge in [0.1, 0.15) is 5.75 Å². The number of rotatable bonds is 6. The molecule has 2 aliphatic rings. The van der Waals surface area contributed by atoms with Gasteiger partial charge in [-0.05, 0) is 43.0 Å². The maximum absolute atomic E-state index is 15.6. The number of carbonyl (C=O) groups excluding carboxylic acids is 2. The fourth-order valence-corrected chi connectivity index (χ4v) is 4.80. The SMILES string of the molecule is O=C1c2ccccc2C(=O)N1C[C@@H]1CCCN(c2c([N+](=O)[O-])cc(F)c(Oc3ccccc3)c2F)C1. The Bertz CT molecular complexity index is 1330. The topological polar surface area (TPSA) is 93.0 Å². The molecular formula is C26H21F2N3O5. The summed E-state index contributed by atoms with van der Waals surface area (Å²) >= 11 is 0. The minimum atomic E-state index is -1.19. The average Bonchev–Trinajstić information content (AvgIpc) is 3.12. The van der Waals surface area contributed by atoms with E-state index in [1.165, 1.54) is 17.0 Å². The second kappa shape index (κ2) is 9.37. The summed E-state index contributed by atoms with van der Waals surface area (Å²) < 4.78 is 35.7. The molecule has 5 rings (SSSR count). The van der Waals surface area contributed by atoms with E-state index >= 15 is 4.39 Å². The highest BCUT2D eigenvalue weighted by atomic mass is 19.1. The number of hydrogen-bond donors (Lipinski definition) is 0. The molecule has 0 unspecified atom stereocenters. The van der Waals surface area contributed by atoms with Crippen LogP contribution in [0.25, 0.3) is 0 Å². The molecule has 10 heteroatoms. The first-order valence-corrected chi connectivity index (χ1v) is 11.4. The molecule has 184 valence electrons. The van der Waals surface area contributed by atoms with Gasteiger partial charge in [0.15, 0.2) is 17.3 Å². The smallest absolute Gasteiger partial charge is 0.298 e. The zero-order chi connectivity index (χ0) is 25.4. The van der Waals surface area contributed by atoms with Gasteiger partial charge < -0.3 is 9.64 Å². The Balaban J connectivity index is 1.43. The predicted molar refractivity (Wildman–Crippen MR) is 126 cm³/mol. The molecule has 2 aliphatic heterocycles. The van der Waals surface area contributed by atoms with E-state index in [2.05, 4.69) is 0 Å². The van der Waals surface area contributed by atoms with E-state index in [0.717, 1.165) is 4.90 Å². The molecule has 0 N–H and O–H groups in total. The summed E-state index contributed by atoms with van der Waals surface area (Å²) in [5, 5.41) is 11.7. The quantitative estimate of drug-likeness (QED) is 0.267. The molecule has 36 heavy (non-hydrogen) atoms. The van der Waals surface area contributed by atoms with Crippen molar-refractivity contribution in [1.29, 1.82) is 0 Å². The molecule has 0 aromatic heterocycles. The summed E-state index contributed by atoms with van der Waals surface area (Å²) in [7, 11) is 0. The average molecular weight is 493 g/mol. The van der Waals surface area contributed by atoms with Crippen molar-refractivity contribution in [1.82, 2.24) is 4.90 Å². The van der Waals surface area contributed by atoms with Gasteiger partial charge in [0.05, 0.1) is 22.1 Å². The van der Waals surface area contributed by atoms with Gasteiger partial charge >= 0.3 is 0 Å². The van der Waals surface area contributed by atoms with E-state index in [9.17, 15) is 24.1 Å². The van der Waals surface area contributed by atoms with Gasteiger partial charge in [-0.2, -0.15) is 0 Å². The summed E-state index contributed by atoms with van der Waals surface area (Å²) in [6.07, 6.45) is 1.17. The molecule has 0 saturated carbocycles. The van der Waals surface area contributed by atoms with Crippen LogP contribution in [-0.4, -0.2) is 41.3 Å². The van der Waals surface area contributed by atoms with Gasteiger partial charge in [-0.1, -0.05) is 30.3 Å². The lowest BCUT2D eigenvalue weighted by Crippen LogP contribution is -2.43. The number of amides is 2. The molecular weight excluding hydrogens is 472 g/mol. The normalized spacial score (nSPS) is 17.3. The molecule has 0 bridgehead atoms. The second-order valence-electron chi connectivity index (χ2n) is 8.76. The number of ether oxygens (including phenoxy) is 1. The first-order valence-electron chi connectivity index (χ1n) is 11.4. The van der Waals surface area contributed by atoms with Gasteiger partial charge in [0.25, 0.3) is 17.5 Å². The number of piperidine rings is 1. The molecule has 0 radical (unpaired) electrons. The predicted octanol–water partition coefficient (Wildman–Crippen LogP) is 5.18. The first kappa shape index (κ1) is 23.4. The Morgan fingerprint density at radius 2 is 1.64 bits per heavy atom. The van der Waals surface area contributed by atoms with Gasteiger partial charge in [-0.3, -0.25) is 24.6 Å². The molecule has 1 atom stereocenters. The Morgan fingerprint density at radius 3 is 2.28 bits per heavy atom. The van der Waals surface area contributed by atoms with Crippen LogP contribution in [0.1, 0.15) is 33.6 Å². The highest BCUT2D eigenvalue weighted by molar-refractivity contribution is 6.21. The highest BCUT2D eigenvalue weighted by Gasteiger charge is 2.38. The minimum Gasteiger partial charge on any atom is -0.451 e. The molecule has 1 saturated heterocycles. The Labute approximate surface area is 204 Å². The van der Waals surface area contributed by atoms with Crippen LogP contribution in [0.5, 0.6) is 11.5 Å². The highest BCUT2D eigenvalue weighted by Crippen LogP contribution is 2.42. The van der Waals surface area contributed by atoms with Crippen LogP contribution in [0, 0.1) is 27.7 Å². The minimum absolute atomic E-state index is 0.0901. The van der Waals surface area contributed by atoms with E-state index < -0.39 is 39.8 Å². The van der Waals surface area contributed by atoms with Crippen LogP contribution in [0.2, 0.25) is 0 Å². The van der Waals surface area contributed by atoms with Crippen LogP contribution in [0.15, 0.2) is 60.7 Å². The molecule has 2 amide bonds. The molecule has 2 heterocycles. The fraction of sp³-hybridized carbons (Fsp3) is 0.231. The number of hydrogen-bond acceptors (Lipinski definition) is 6. The van der Waals surface area contributed by atoms with Gasteiger partial charge in [0.2, 0.25) is 5.75 Å². The zero-order valence-electron chi connectivity index (χ0n) is 19.0. The number of imide groups is 1. The second-order valence-corrected chi connectivity index (χ2v) is 8.76. The van der Waals surface area contributed by atoms with Crippen molar-refractivity contribution in [3.8, 4) is 11.5 Å². The maximum atomic E-state index is 15.6. The monoisotopic (exact) mass is 493 g/mol. The summed E-state index contributed by atoms with van der Waals surface area (Å²) in [4.78, 5) is 39.1. The number of benzene rings is 3. The Kier molecular flexibility index (Phi) is 6.09. The lowest BCUT2D eigenvalue weighted by molar-refractivity contribution is -0.384. The number of nitro benzene ring substituents is 1. The van der Waals surface area contributed by atoms with Gasteiger partial charge in [-0.25, -0.2) is 8.78 Å².